The normalized spacial score (nSPS) is 10.8. The fourth-order valence-corrected chi connectivity index (χ4v) is 1.59. The summed E-state index contributed by atoms with van der Waals surface area (Å²) in [5.41, 5.74) is 1.93. The Morgan fingerprint density at radius 1 is 1.12 bits per heavy atom. The van der Waals surface area contributed by atoms with Gasteiger partial charge in [-0.3, -0.25) is 4.98 Å². The Hall–Kier alpha value is -2.43. The molecule has 0 aliphatic rings. The van der Waals surface area contributed by atoms with E-state index in [0.717, 1.165) is 10.2 Å². The first-order valence-electron chi connectivity index (χ1n) is 4.79. The van der Waals surface area contributed by atoms with Gasteiger partial charge in [0.2, 0.25) is 0 Å². The lowest BCUT2D eigenvalue weighted by Gasteiger charge is -1.98. The van der Waals surface area contributed by atoms with Gasteiger partial charge in [-0.25, -0.2) is 9.97 Å². The van der Waals surface area contributed by atoms with Crippen LogP contribution < -0.4 is 0 Å². The summed E-state index contributed by atoms with van der Waals surface area (Å²) in [6, 6.07) is 7.34. The number of hydrogen-bond acceptors (Lipinski definition) is 4. The van der Waals surface area contributed by atoms with Crippen LogP contribution in [0.1, 0.15) is 0 Å². The molecule has 78 valence electrons. The van der Waals surface area contributed by atoms with E-state index in [1.165, 1.54) is 0 Å². The largest absolute Gasteiger partial charge is 0.426 e. The van der Waals surface area contributed by atoms with Gasteiger partial charge >= 0.3 is 0 Å². The van der Waals surface area contributed by atoms with Gasteiger partial charge in [0.15, 0.2) is 5.82 Å². The minimum atomic E-state index is 0.398. The molecular formula is C11H8N4O. The maximum absolute atomic E-state index is 9.93. The first kappa shape index (κ1) is 8.84. The molecule has 0 fully saturated rings. The highest BCUT2D eigenvalue weighted by atomic mass is 16.5. The molecule has 0 aliphatic carbocycles. The number of aromatic nitrogens is 4. The van der Waals surface area contributed by atoms with Crippen molar-refractivity contribution in [3.63, 3.8) is 0 Å². The van der Waals surface area contributed by atoms with Crippen LogP contribution in [0.25, 0.3) is 22.6 Å². The molecule has 0 unspecified atom stereocenters. The molecule has 16 heavy (non-hydrogen) atoms. The topological polar surface area (TPSA) is 63.8 Å². The number of benzene rings is 1. The lowest BCUT2D eigenvalue weighted by Crippen LogP contribution is -1.96. The highest BCUT2D eigenvalue weighted by Crippen LogP contribution is 2.20. The smallest absolute Gasteiger partial charge is 0.196 e. The highest BCUT2D eigenvalue weighted by molar-refractivity contribution is 5.79. The van der Waals surface area contributed by atoms with Crippen LogP contribution in [0, 0.1) is 0 Å². The molecule has 0 aliphatic heterocycles. The van der Waals surface area contributed by atoms with Gasteiger partial charge in [-0.1, -0.05) is 12.1 Å². The van der Waals surface area contributed by atoms with Crippen molar-refractivity contribution in [2.24, 2.45) is 0 Å². The predicted molar refractivity (Wildman–Crippen MR) is 57.9 cm³/mol. The molecule has 0 bridgehead atoms. The van der Waals surface area contributed by atoms with Gasteiger partial charge in [-0.05, 0) is 12.1 Å². The van der Waals surface area contributed by atoms with E-state index in [2.05, 4.69) is 15.0 Å². The van der Waals surface area contributed by atoms with E-state index in [9.17, 15) is 5.21 Å². The van der Waals surface area contributed by atoms with Crippen LogP contribution >= 0.6 is 0 Å². The van der Waals surface area contributed by atoms with Crippen LogP contribution in [0.5, 0.6) is 0 Å². The highest BCUT2D eigenvalue weighted by Gasteiger charge is 2.11. The summed E-state index contributed by atoms with van der Waals surface area (Å²) in [5.74, 6) is 0.398. The van der Waals surface area contributed by atoms with Gasteiger partial charge in [-0.2, -0.15) is 4.73 Å². The van der Waals surface area contributed by atoms with E-state index < -0.39 is 0 Å². The molecule has 5 nitrogen and oxygen atoms in total. The predicted octanol–water partition coefficient (Wildman–Crippen LogP) is 1.73. The third-order valence-corrected chi connectivity index (χ3v) is 2.33. The summed E-state index contributed by atoms with van der Waals surface area (Å²) >= 11 is 0. The second kappa shape index (κ2) is 3.30. The summed E-state index contributed by atoms with van der Waals surface area (Å²) in [5, 5.41) is 9.93. The Kier molecular flexibility index (Phi) is 1.83. The van der Waals surface area contributed by atoms with Crippen molar-refractivity contribution in [1.82, 2.24) is 19.7 Å². The molecule has 2 heterocycles. The van der Waals surface area contributed by atoms with E-state index >= 15 is 0 Å². The lowest BCUT2D eigenvalue weighted by molar-refractivity contribution is 0.203. The van der Waals surface area contributed by atoms with Crippen molar-refractivity contribution in [3.8, 4) is 11.5 Å². The molecule has 5 heteroatoms. The summed E-state index contributed by atoms with van der Waals surface area (Å²) in [4.78, 5) is 12.3. The molecular weight excluding hydrogens is 204 g/mol. The third kappa shape index (κ3) is 1.22. The molecule has 3 rings (SSSR count). The molecule has 0 amide bonds. The second-order valence-corrected chi connectivity index (χ2v) is 3.33. The van der Waals surface area contributed by atoms with Gasteiger partial charge in [0, 0.05) is 12.4 Å². The van der Waals surface area contributed by atoms with Crippen LogP contribution in [0.2, 0.25) is 0 Å². The molecule has 2 aromatic heterocycles. The standard InChI is InChI=1S/C11H8N4O/c16-15-10-4-2-1-3-8(10)14-11(15)9-7-12-5-6-13-9/h1-7,16H. The molecule has 1 aromatic carbocycles. The zero-order chi connectivity index (χ0) is 11.0. The maximum atomic E-state index is 9.93. The molecule has 0 saturated heterocycles. The molecule has 0 spiro atoms. The van der Waals surface area contributed by atoms with Gasteiger partial charge in [0.25, 0.3) is 0 Å². The number of hydrogen-bond donors (Lipinski definition) is 1. The summed E-state index contributed by atoms with van der Waals surface area (Å²) in [6.45, 7) is 0. The fraction of sp³-hybridized carbons (Fsp3) is 0. The summed E-state index contributed by atoms with van der Waals surface area (Å²) in [6.07, 6.45) is 4.70. The second-order valence-electron chi connectivity index (χ2n) is 3.33. The Morgan fingerprint density at radius 3 is 2.75 bits per heavy atom. The van der Waals surface area contributed by atoms with E-state index in [-0.39, 0.29) is 0 Å². The first-order chi connectivity index (χ1) is 7.86. The first-order valence-corrected chi connectivity index (χ1v) is 4.79. The van der Waals surface area contributed by atoms with Crippen LogP contribution in [-0.2, 0) is 0 Å². The van der Waals surface area contributed by atoms with E-state index in [0.29, 0.717) is 17.0 Å². The van der Waals surface area contributed by atoms with Crippen molar-refractivity contribution in [2.75, 3.05) is 0 Å². The fourth-order valence-electron chi connectivity index (χ4n) is 1.59. The number of imidazole rings is 1. The third-order valence-electron chi connectivity index (χ3n) is 2.33. The van der Waals surface area contributed by atoms with Crippen LogP contribution in [0.4, 0.5) is 0 Å². The lowest BCUT2D eigenvalue weighted by atomic mass is 10.3. The number of nitrogens with zero attached hydrogens (tertiary/aromatic N) is 4. The van der Waals surface area contributed by atoms with E-state index in [1.807, 2.05) is 18.2 Å². The van der Waals surface area contributed by atoms with Crippen molar-refractivity contribution >= 4 is 11.0 Å². The Balaban J connectivity index is 2.29. The van der Waals surface area contributed by atoms with Crippen LogP contribution in [0.3, 0.4) is 0 Å². The van der Waals surface area contributed by atoms with Crippen molar-refractivity contribution in [2.45, 2.75) is 0 Å². The molecule has 0 atom stereocenters. The average Bonchev–Trinajstić information content (AvgIpc) is 2.69. The molecule has 0 radical (unpaired) electrons. The zero-order valence-electron chi connectivity index (χ0n) is 8.28. The zero-order valence-corrected chi connectivity index (χ0v) is 8.28. The average molecular weight is 212 g/mol. The van der Waals surface area contributed by atoms with Crippen molar-refractivity contribution in [1.29, 1.82) is 0 Å². The summed E-state index contributed by atoms with van der Waals surface area (Å²) < 4.78 is 1.03. The van der Waals surface area contributed by atoms with E-state index in [4.69, 9.17) is 0 Å². The monoisotopic (exact) mass is 212 g/mol. The molecule has 0 saturated carbocycles. The SMILES string of the molecule is On1c(-c2cnccn2)nc2ccccc21. The van der Waals surface area contributed by atoms with Gasteiger partial charge in [0.1, 0.15) is 11.2 Å². The van der Waals surface area contributed by atoms with Gasteiger partial charge in [-0.15, -0.1) is 0 Å². The van der Waals surface area contributed by atoms with Crippen LogP contribution in [0.15, 0.2) is 42.9 Å². The van der Waals surface area contributed by atoms with Crippen molar-refractivity contribution in [3.05, 3.63) is 42.9 Å². The maximum Gasteiger partial charge on any atom is 0.196 e. The number of para-hydroxylation sites is 2. The summed E-state index contributed by atoms with van der Waals surface area (Å²) in [7, 11) is 0. The minimum absolute atomic E-state index is 0.398. The van der Waals surface area contributed by atoms with Gasteiger partial charge < -0.3 is 5.21 Å². The quantitative estimate of drug-likeness (QED) is 0.624. The molecule has 1 N–H and O–H groups in total. The Bertz CT molecular complexity index is 633. The number of fused-ring (bicyclic) bond motifs is 1. The van der Waals surface area contributed by atoms with E-state index in [1.54, 1.807) is 24.7 Å². The Labute approximate surface area is 91.0 Å². The Morgan fingerprint density at radius 2 is 2.00 bits per heavy atom. The van der Waals surface area contributed by atoms with Gasteiger partial charge in [0.05, 0.1) is 11.7 Å². The van der Waals surface area contributed by atoms with Crippen LogP contribution in [-0.4, -0.2) is 24.9 Å². The minimum Gasteiger partial charge on any atom is -0.426 e. The number of rotatable bonds is 1. The van der Waals surface area contributed by atoms with Crippen molar-refractivity contribution < 1.29 is 5.21 Å². The molecule has 3 aromatic rings.